The van der Waals surface area contributed by atoms with E-state index in [1.807, 2.05) is 0 Å². The Kier molecular flexibility index (Phi) is 4.49. The van der Waals surface area contributed by atoms with E-state index < -0.39 is 0 Å². The smallest absolute Gasteiger partial charge is 0.129 e. The van der Waals surface area contributed by atoms with Crippen molar-refractivity contribution in [1.29, 1.82) is 0 Å². The Bertz CT molecular complexity index is 575. The van der Waals surface area contributed by atoms with Gasteiger partial charge in [0.2, 0.25) is 0 Å². The zero-order valence-electron chi connectivity index (χ0n) is 9.18. The molecule has 0 aliphatic rings. The lowest BCUT2D eigenvalue weighted by Gasteiger charge is -2.10. The van der Waals surface area contributed by atoms with Crippen molar-refractivity contribution in [3.63, 3.8) is 0 Å². The minimum Gasteiger partial charge on any atom is -0.380 e. The van der Waals surface area contributed by atoms with Gasteiger partial charge in [-0.05, 0) is 24.3 Å². The van der Waals surface area contributed by atoms with Crippen LogP contribution in [0.25, 0.3) is 0 Å². The highest BCUT2D eigenvalue weighted by Gasteiger charge is 2.06. The third-order valence-corrected chi connectivity index (χ3v) is 3.75. The summed E-state index contributed by atoms with van der Waals surface area (Å²) in [5, 5.41) is 3.97. The SMILES string of the molecule is Fc1cc(Br)ccc1CNc1cccc(Cl)c1Cl. The van der Waals surface area contributed by atoms with E-state index in [-0.39, 0.29) is 5.82 Å². The molecule has 0 unspecified atom stereocenters. The molecule has 0 fully saturated rings. The Morgan fingerprint density at radius 3 is 2.67 bits per heavy atom. The summed E-state index contributed by atoms with van der Waals surface area (Å²) in [5.41, 5.74) is 1.25. The van der Waals surface area contributed by atoms with Crippen LogP contribution in [-0.4, -0.2) is 0 Å². The first-order valence-electron chi connectivity index (χ1n) is 5.20. The molecule has 2 rings (SSSR count). The van der Waals surface area contributed by atoms with E-state index in [1.54, 1.807) is 30.3 Å². The van der Waals surface area contributed by atoms with Crippen LogP contribution in [0.15, 0.2) is 40.9 Å². The van der Waals surface area contributed by atoms with Crippen LogP contribution in [0.3, 0.4) is 0 Å². The largest absolute Gasteiger partial charge is 0.380 e. The molecule has 1 N–H and O–H groups in total. The second kappa shape index (κ2) is 5.91. The topological polar surface area (TPSA) is 12.0 Å². The fourth-order valence-electron chi connectivity index (χ4n) is 1.50. The number of anilines is 1. The molecular formula is C13H9BrCl2FN. The molecule has 94 valence electrons. The van der Waals surface area contributed by atoms with Gasteiger partial charge in [-0.2, -0.15) is 0 Å². The summed E-state index contributed by atoms with van der Waals surface area (Å²) in [5.74, 6) is -0.268. The summed E-state index contributed by atoms with van der Waals surface area (Å²) in [6.45, 7) is 0.346. The monoisotopic (exact) mass is 347 g/mol. The second-order valence-electron chi connectivity index (χ2n) is 3.69. The van der Waals surface area contributed by atoms with Crippen LogP contribution in [-0.2, 0) is 6.54 Å². The van der Waals surface area contributed by atoms with Crippen LogP contribution in [0.5, 0.6) is 0 Å². The highest BCUT2D eigenvalue weighted by Crippen LogP contribution is 2.30. The Morgan fingerprint density at radius 2 is 1.94 bits per heavy atom. The molecule has 2 aromatic rings. The lowest BCUT2D eigenvalue weighted by atomic mass is 10.2. The first-order valence-corrected chi connectivity index (χ1v) is 6.74. The quantitative estimate of drug-likeness (QED) is 0.771. The van der Waals surface area contributed by atoms with Gasteiger partial charge in [0.25, 0.3) is 0 Å². The molecule has 0 atom stereocenters. The molecule has 0 bridgehead atoms. The van der Waals surface area contributed by atoms with Crippen molar-refractivity contribution in [1.82, 2.24) is 0 Å². The fourth-order valence-corrected chi connectivity index (χ4v) is 2.20. The van der Waals surface area contributed by atoms with Crippen molar-refractivity contribution >= 4 is 44.8 Å². The zero-order chi connectivity index (χ0) is 13.1. The van der Waals surface area contributed by atoms with Crippen LogP contribution in [0, 0.1) is 5.82 Å². The van der Waals surface area contributed by atoms with Gasteiger partial charge in [-0.15, -0.1) is 0 Å². The van der Waals surface area contributed by atoms with E-state index in [2.05, 4.69) is 21.2 Å². The van der Waals surface area contributed by atoms with E-state index in [9.17, 15) is 4.39 Å². The molecule has 0 aromatic heterocycles. The predicted molar refractivity (Wildman–Crippen MR) is 77.9 cm³/mol. The number of hydrogen-bond acceptors (Lipinski definition) is 1. The van der Waals surface area contributed by atoms with E-state index in [0.717, 1.165) is 0 Å². The summed E-state index contributed by atoms with van der Waals surface area (Å²) in [6, 6.07) is 10.2. The Hall–Kier alpha value is -0.770. The van der Waals surface area contributed by atoms with Crippen LogP contribution in [0.2, 0.25) is 10.0 Å². The first kappa shape index (κ1) is 13.7. The Morgan fingerprint density at radius 1 is 1.17 bits per heavy atom. The fraction of sp³-hybridized carbons (Fsp3) is 0.0769. The molecule has 0 aliphatic carbocycles. The molecule has 0 radical (unpaired) electrons. The molecule has 0 heterocycles. The Balaban J connectivity index is 2.14. The molecule has 0 spiro atoms. The summed E-state index contributed by atoms with van der Waals surface area (Å²) >= 11 is 15.1. The third kappa shape index (κ3) is 3.16. The molecule has 0 saturated carbocycles. The van der Waals surface area contributed by atoms with Crippen LogP contribution >= 0.6 is 39.1 Å². The molecule has 0 amide bonds. The number of nitrogens with one attached hydrogen (secondary N) is 1. The second-order valence-corrected chi connectivity index (χ2v) is 5.39. The van der Waals surface area contributed by atoms with Crippen LogP contribution in [0.4, 0.5) is 10.1 Å². The maximum Gasteiger partial charge on any atom is 0.129 e. The lowest BCUT2D eigenvalue weighted by molar-refractivity contribution is 0.612. The molecule has 2 aromatic carbocycles. The number of halogens is 4. The van der Waals surface area contributed by atoms with Crippen molar-refractivity contribution in [2.24, 2.45) is 0 Å². The number of hydrogen-bond donors (Lipinski definition) is 1. The number of benzene rings is 2. The normalized spacial score (nSPS) is 10.4. The summed E-state index contributed by atoms with van der Waals surface area (Å²) in [6.07, 6.45) is 0. The van der Waals surface area contributed by atoms with Gasteiger partial charge in [-0.1, -0.05) is 51.3 Å². The van der Waals surface area contributed by atoms with Gasteiger partial charge < -0.3 is 5.32 Å². The number of rotatable bonds is 3. The van der Waals surface area contributed by atoms with Gasteiger partial charge in [0.15, 0.2) is 0 Å². The highest BCUT2D eigenvalue weighted by atomic mass is 79.9. The van der Waals surface area contributed by atoms with Crippen LogP contribution < -0.4 is 5.32 Å². The van der Waals surface area contributed by atoms with E-state index in [4.69, 9.17) is 23.2 Å². The van der Waals surface area contributed by atoms with Gasteiger partial charge in [0, 0.05) is 16.6 Å². The molecule has 1 nitrogen and oxygen atoms in total. The van der Waals surface area contributed by atoms with E-state index >= 15 is 0 Å². The minimum atomic E-state index is -0.268. The van der Waals surface area contributed by atoms with Gasteiger partial charge in [0.05, 0.1) is 15.7 Å². The summed E-state index contributed by atoms with van der Waals surface area (Å²) in [7, 11) is 0. The Labute approximate surface area is 123 Å². The molecular weight excluding hydrogens is 340 g/mol. The van der Waals surface area contributed by atoms with E-state index in [1.165, 1.54) is 6.07 Å². The van der Waals surface area contributed by atoms with Gasteiger partial charge in [-0.25, -0.2) is 4.39 Å². The van der Waals surface area contributed by atoms with Crippen molar-refractivity contribution in [3.8, 4) is 0 Å². The van der Waals surface area contributed by atoms with Gasteiger partial charge >= 0.3 is 0 Å². The van der Waals surface area contributed by atoms with Crippen LogP contribution in [0.1, 0.15) is 5.56 Å². The summed E-state index contributed by atoms with van der Waals surface area (Å²) < 4.78 is 14.3. The van der Waals surface area contributed by atoms with Crippen molar-refractivity contribution in [2.75, 3.05) is 5.32 Å². The zero-order valence-corrected chi connectivity index (χ0v) is 12.3. The third-order valence-electron chi connectivity index (χ3n) is 2.44. The van der Waals surface area contributed by atoms with Gasteiger partial charge in [0.1, 0.15) is 5.82 Å². The molecule has 0 saturated heterocycles. The van der Waals surface area contributed by atoms with Crippen molar-refractivity contribution < 1.29 is 4.39 Å². The van der Waals surface area contributed by atoms with Crippen molar-refractivity contribution in [3.05, 3.63) is 62.3 Å². The maximum absolute atomic E-state index is 13.6. The standard InChI is InChI=1S/C13H9BrCl2FN/c14-9-5-4-8(11(17)6-9)7-18-12-3-1-2-10(15)13(12)16/h1-6,18H,7H2. The molecule has 18 heavy (non-hydrogen) atoms. The average molecular weight is 349 g/mol. The molecule has 0 aliphatic heterocycles. The minimum absolute atomic E-state index is 0.268. The maximum atomic E-state index is 13.6. The van der Waals surface area contributed by atoms with Gasteiger partial charge in [-0.3, -0.25) is 0 Å². The van der Waals surface area contributed by atoms with E-state index in [0.29, 0.717) is 32.3 Å². The first-order chi connectivity index (χ1) is 8.58. The average Bonchev–Trinajstić information content (AvgIpc) is 2.33. The highest BCUT2D eigenvalue weighted by molar-refractivity contribution is 9.10. The summed E-state index contributed by atoms with van der Waals surface area (Å²) in [4.78, 5) is 0. The molecule has 5 heteroatoms. The lowest BCUT2D eigenvalue weighted by Crippen LogP contribution is -2.02. The predicted octanol–water partition coefficient (Wildman–Crippen LogP) is 5.51. The van der Waals surface area contributed by atoms with Crippen molar-refractivity contribution in [2.45, 2.75) is 6.54 Å².